The van der Waals surface area contributed by atoms with E-state index in [4.69, 9.17) is 0 Å². The molecule has 126 valence electrons. The molecule has 0 nitrogen and oxygen atoms in total. The molecule has 24 heavy (non-hydrogen) atoms. The molecule has 3 aromatic carbocycles. The van der Waals surface area contributed by atoms with E-state index in [1.165, 1.54) is 84.9 Å². The van der Waals surface area contributed by atoms with Gasteiger partial charge in [0.15, 0.2) is 0 Å². The maximum absolute atomic E-state index is 2.33. The van der Waals surface area contributed by atoms with Crippen LogP contribution in [0.5, 0.6) is 0 Å². The standard InChI is InChI=1S/C24H30/c1-2-3-4-5-6-7-8-9-14-21-15-12-16-22-19-18-20-13-10-11-17-23(20)24(21)22/h10-13,15-19H,2-9,14H2,1H3. The fourth-order valence-corrected chi connectivity index (χ4v) is 3.79. The van der Waals surface area contributed by atoms with E-state index in [0.29, 0.717) is 0 Å². The molecule has 0 spiro atoms. The van der Waals surface area contributed by atoms with Crippen molar-refractivity contribution in [1.82, 2.24) is 0 Å². The third kappa shape index (κ3) is 4.17. The van der Waals surface area contributed by atoms with Crippen molar-refractivity contribution in [3.63, 3.8) is 0 Å². The van der Waals surface area contributed by atoms with Crippen LogP contribution in [0.3, 0.4) is 0 Å². The molecule has 3 aromatic rings. The number of hydrogen-bond acceptors (Lipinski definition) is 0. The quantitative estimate of drug-likeness (QED) is 0.280. The van der Waals surface area contributed by atoms with Crippen LogP contribution in [0.25, 0.3) is 21.5 Å². The molecule has 0 aliphatic carbocycles. The molecule has 0 atom stereocenters. The Morgan fingerprint density at radius 1 is 0.583 bits per heavy atom. The summed E-state index contributed by atoms with van der Waals surface area (Å²) in [6.45, 7) is 2.29. The van der Waals surface area contributed by atoms with E-state index in [-0.39, 0.29) is 0 Å². The summed E-state index contributed by atoms with van der Waals surface area (Å²) >= 11 is 0. The molecule has 0 heteroatoms. The maximum Gasteiger partial charge on any atom is -0.00733 e. The van der Waals surface area contributed by atoms with Gasteiger partial charge in [-0.05, 0) is 39.9 Å². The number of unbranched alkanes of at least 4 members (excludes halogenated alkanes) is 7. The van der Waals surface area contributed by atoms with Crippen LogP contribution in [0.1, 0.15) is 63.9 Å². The van der Waals surface area contributed by atoms with Gasteiger partial charge in [-0.2, -0.15) is 0 Å². The number of fused-ring (bicyclic) bond motifs is 3. The Balaban J connectivity index is 1.63. The molecule has 0 aliphatic heterocycles. The molecular formula is C24H30. The predicted octanol–water partition coefficient (Wildman–Crippen LogP) is 7.68. The maximum atomic E-state index is 2.33. The van der Waals surface area contributed by atoms with Crippen molar-refractivity contribution >= 4 is 21.5 Å². The Morgan fingerprint density at radius 3 is 2.08 bits per heavy atom. The first-order valence-electron chi connectivity index (χ1n) is 9.79. The molecule has 0 bridgehead atoms. The van der Waals surface area contributed by atoms with Crippen LogP contribution < -0.4 is 0 Å². The molecule has 3 rings (SSSR count). The van der Waals surface area contributed by atoms with E-state index in [0.717, 1.165) is 0 Å². The summed E-state index contributed by atoms with van der Waals surface area (Å²) in [6, 6.07) is 20.1. The average molecular weight is 319 g/mol. The third-order valence-electron chi connectivity index (χ3n) is 5.16. The lowest BCUT2D eigenvalue weighted by Crippen LogP contribution is -1.90. The second kappa shape index (κ2) is 8.87. The zero-order valence-corrected chi connectivity index (χ0v) is 15.1. The van der Waals surface area contributed by atoms with Crippen LogP contribution in [-0.4, -0.2) is 0 Å². The van der Waals surface area contributed by atoms with Crippen molar-refractivity contribution in [2.75, 3.05) is 0 Å². The number of benzene rings is 3. The minimum atomic E-state index is 1.21. The van der Waals surface area contributed by atoms with E-state index in [1.54, 1.807) is 0 Å². The largest absolute Gasteiger partial charge is 0.0654 e. The lowest BCUT2D eigenvalue weighted by atomic mass is 9.94. The summed E-state index contributed by atoms with van der Waals surface area (Å²) in [7, 11) is 0. The highest BCUT2D eigenvalue weighted by molar-refractivity contribution is 6.09. The molecule has 0 amide bonds. The van der Waals surface area contributed by atoms with Gasteiger partial charge < -0.3 is 0 Å². The van der Waals surface area contributed by atoms with E-state index < -0.39 is 0 Å². The van der Waals surface area contributed by atoms with E-state index in [9.17, 15) is 0 Å². The van der Waals surface area contributed by atoms with Gasteiger partial charge in [-0.25, -0.2) is 0 Å². The molecule has 0 aliphatic rings. The van der Waals surface area contributed by atoms with Crippen molar-refractivity contribution < 1.29 is 0 Å². The lowest BCUT2D eigenvalue weighted by Gasteiger charge is -2.10. The molecule has 0 radical (unpaired) electrons. The van der Waals surface area contributed by atoms with Gasteiger partial charge in [0.25, 0.3) is 0 Å². The summed E-state index contributed by atoms with van der Waals surface area (Å²) in [4.78, 5) is 0. The van der Waals surface area contributed by atoms with Gasteiger partial charge in [0.05, 0.1) is 0 Å². The average Bonchev–Trinajstić information content (AvgIpc) is 2.63. The summed E-state index contributed by atoms with van der Waals surface area (Å²) < 4.78 is 0. The zero-order valence-electron chi connectivity index (χ0n) is 15.1. The minimum absolute atomic E-state index is 1.21. The topological polar surface area (TPSA) is 0 Å². The van der Waals surface area contributed by atoms with Crippen LogP contribution >= 0.6 is 0 Å². The van der Waals surface area contributed by atoms with E-state index in [2.05, 4.69) is 61.5 Å². The second-order valence-corrected chi connectivity index (χ2v) is 7.03. The van der Waals surface area contributed by atoms with Gasteiger partial charge in [-0.1, -0.05) is 106 Å². The van der Waals surface area contributed by atoms with Crippen LogP contribution in [-0.2, 0) is 6.42 Å². The molecular weight excluding hydrogens is 288 g/mol. The normalized spacial score (nSPS) is 11.4. The first kappa shape index (κ1) is 17.0. The third-order valence-corrected chi connectivity index (χ3v) is 5.16. The Hall–Kier alpha value is -1.82. The van der Waals surface area contributed by atoms with Crippen molar-refractivity contribution in [2.24, 2.45) is 0 Å². The Morgan fingerprint density at radius 2 is 1.25 bits per heavy atom. The number of aryl methyl sites for hydroxylation is 1. The lowest BCUT2D eigenvalue weighted by molar-refractivity contribution is 0.576. The molecule has 0 fully saturated rings. The van der Waals surface area contributed by atoms with Crippen molar-refractivity contribution in [3.8, 4) is 0 Å². The Bertz CT molecular complexity index is 769. The van der Waals surface area contributed by atoms with Gasteiger partial charge in [0.1, 0.15) is 0 Å². The first-order chi connectivity index (χ1) is 11.9. The highest BCUT2D eigenvalue weighted by Crippen LogP contribution is 2.29. The van der Waals surface area contributed by atoms with Gasteiger partial charge in [0.2, 0.25) is 0 Å². The minimum Gasteiger partial charge on any atom is -0.0654 e. The fraction of sp³-hybridized carbons (Fsp3) is 0.417. The zero-order chi connectivity index (χ0) is 16.6. The van der Waals surface area contributed by atoms with Gasteiger partial charge >= 0.3 is 0 Å². The first-order valence-corrected chi connectivity index (χ1v) is 9.79. The van der Waals surface area contributed by atoms with Crippen LogP contribution in [0, 0.1) is 0 Å². The predicted molar refractivity (Wildman–Crippen MR) is 108 cm³/mol. The molecule has 0 heterocycles. The Kier molecular flexibility index (Phi) is 6.29. The van der Waals surface area contributed by atoms with Crippen LogP contribution in [0.2, 0.25) is 0 Å². The number of rotatable bonds is 9. The SMILES string of the molecule is CCCCCCCCCCc1cccc2ccc3ccccc3c12. The molecule has 0 N–H and O–H groups in total. The van der Waals surface area contributed by atoms with E-state index in [1.807, 2.05) is 0 Å². The van der Waals surface area contributed by atoms with Crippen LogP contribution in [0.4, 0.5) is 0 Å². The summed E-state index contributed by atoms with van der Waals surface area (Å²) in [5, 5.41) is 5.61. The van der Waals surface area contributed by atoms with Crippen molar-refractivity contribution in [1.29, 1.82) is 0 Å². The summed E-state index contributed by atoms with van der Waals surface area (Å²) in [5.41, 5.74) is 1.52. The van der Waals surface area contributed by atoms with Gasteiger partial charge in [0, 0.05) is 0 Å². The second-order valence-electron chi connectivity index (χ2n) is 7.03. The molecule has 0 unspecified atom stereocenters. The highest BCUT2D eigenvalue weighted by atomic mass is 14.1. The van der Waals surface area contributed by atoms with Crippen molar-refractivity contribution in [2.45, 2.75) is 64.7 Å². The smallest absolute Gasteiger partial charge is 0.00733 e. The molecule has 0 aromatic heterocycles. The summed E-state index contributed by atoms with van der Waals surface area (Å²) in [5.74, 6) is 0. The summed E-state index contributed by atoms with van der Waals surface area (Å²) in [6.07, 6.45) is 12.3. The fourth-order valence-electron chi connectivity index (χ4n) is 3.79. The molecule has 0 saturated heterocycles. The molecule has 0 saturated carbocycles. The van der Waals surface area contributed by atoms with Gasteiger partial charge in [-0.15, -0.1) is 0 Å². The van der Waals surface area contributed by atoms with Crippen LogP contribution in [0.15, 0.2) is 54.6 Å². The van der Waals surface area contributed by atoms with Crippen molar-refractivity contribution in [3.05, 3.63) is 60.2 Å². The Labute approximate surface area is 146 Å². The van der Waals surface area contributed by atoms with E-state index >= 15 is 0 Å². The van der Waals surface area contributed by atoms with Gasteiger partial charge in [-0.3, -0.25) is 0 Å². The monoisotopic (exact) mass is 318 g/mol. The highest BCUT2D eigenvalue weighted by Gasteiger charge is 2.05. The number of hydrogen-bond donors (Lipinski definition) is 0.